The van der Waals surface area contributed by atoms with Gasteiger partial charge in [-0.1, -0.05) is 0 Å². The molecular formula is C21H26N8O. The van der Waals surface area contributed by atoms with E-state index in [2.05, 4.69) is 44.0 Å². The van der Waals surface area contributed by atoms with E-state index in [0.29, 0.717) is 18.2 Å². The van der Waals surface area contributed by atoms with Crippen LogP contribution in [0.25, 0.3) is 5.69 Å². The lowest BCUT2D eigenvalue weighted by Gasteiger charge is -2.44. The fourth-order valence-corrected chi connectivity index (χ4v) is 3.85. The van der Waals surface area contributed by atoms with Crippen LogP contribution >= 0.6 is 0 Å². The average molecular weight is 406 g/mol. The summed E-state index contributed by atoms with van der Waals surface area (Å²) in [6.45, 7) is 6.38. The molecule has 0 bridgehead atoms. The molecule has 1 aliphatic heterocycles. The van der Waals surface area contributed by atoms with Gasteiger partial charge in [0.15, 0.2) is 0 Å². The number of nitrogens with two attached hydrogens (primary N) is 1. The summed E-state index contributed by atoms with van der Waals surface area (Å²) >= 11 is 0. The van der Waals surface area contributed by atoms with Crippen molar-refractivity contribution in [2.24, 2.45) is 0 Å². The molecule has 0 radical (unpaired) electrons. The van der Waals surface area contributed by atoms with Gasteiger partial charge in [-0.3, -0.25) is 4.90 Å². The summed E-state index contributed by atoms with van der Waals surface area (Å²) in [4.78, 5) is 24.3. The lowest BCUT2D eigenvalue weighted by atomic mass is 10.1. The maximum Gasteiger partial charge on any atom is 0.246 e. The Hall–Kier alpha value is -3.46. The van der Waals surface area contributed by atoms with E-state index in [1.807, 2.05) is 36.4 Å². The van der Waals surface area contributed by atoms with Gasteiger partial charge in [0.25, 0.3) is 0 Å². The van der Waals surface area contributed by atoms with E-state index in [-0.39, 0.29) is 12.1 Å². The quantitative estimate of drug-likeness (QED) is 0.474. The number of aldehydes is 1. The Labute approximate surface area is 175 Å². The average Bonchev–Trinajstić information content (AvgIpc) is 3.21. The summed E-state index contributed by atoms with van der Waals surface area (Å²) < 4.78 is 1.72. The summed E-state index contributed by atoms with van der Waals surface area (Å²) in [5.74, 6) is 1.39. The maximum atomic E-state index is 11.0. The standard InChI is InChI=1S/C21H26N8O/c1-15-12-27(13-16(2)28(15)9-10-30)20-11-19(7-8-23-20)29-14-24-21(26-29)25-18-5-3-17(22)4-6-18/h3-8,10-11,14-16H,9,12-13,22H2,1-2H3,(H,25,26). The van der Waals surface area contributed by atoms with Crippen molar-refractivity contribution in [1.82, 2.24) is 24.6 Å². The van der Waals surface area contributed by atoms with Crippen LogP contribution in [-0.4, -0.2) is 62.7 Å². The van der Waals surface area contributed by atoms with Crippen LogP contribution in [-0.2, 0) is 4.79 Å². The van der Waals surface area contributed by atoms with E-state index in [0.717, 1.165) is 36.6 Å². The topological polar surface area (TPSA) is 105 Å². The highest BCUT2D eigenvalue weighted by Gasteiger charge is 2.29. The van der Waals surface area contributed by atoms with Crippen LogP contribution in [0.15, 0.2) is 48.9 Å². The van der Waals surface area contributed by atoms with Crippen molar-refractivity contribution in [3.05, 3.63) is 48.9 Å². The molecule has 156 valence electrons. The Kier molecular flexibility index (Phi) is 5.62. The number of anilines is 4. The number of carbonyl (C=O) groups is 1. The smallest absolute Gasteiger partial charge is 0.246 e. The van der Waals surface area contributed by atoms with Crippen molar-refractivity contribution < 1.29 is 4.79 Å². The van der Waals surface area contributed by atoms with Crippen molar-refractivity contribution in [3.8, 4) is 5.69 Å². The Balaban J connectivity index is 1.49. The van der Waals surface area contributed by atoms with Crippen LogP contribution in [0.1, 0.15) is 13.8 Å². The molecule has 0 aliphatic carbocycles. The predicted molar refractivity (Wildman–Crippen MR) is 117 cm³/mol. The second-order valence-electron chi connectivity index (χ2n) is 7.60. The maximum absolute atomic E-state index is 11.0. The molecule has 3 N–H and O–H groups in total. The van der Waals surface area contributed by atoms with Crippen molar-refractivity contribution >= 4 is 29.4 Å². The SMILES string of the molecule is CC1CN(c2cc(-n3cnc(Nc4ccc(N)cc4)n3)ccn2)CC(C)N1CC=O. The molecule has 9 heteroatoms. The number of carbonyl (C=O) groups excluding carboxylic acids is 1. The Morgan fingerprint density at radius 2 is 1.87 bits per heavy atom. The number of nitrogens with one attached hydrogen (secondary N) is 1. The normalized spacial score (nSPS) is 19.6. The molecule has 0 saturated carbocycles. The van der Waals surface area contributed by atoms with Gasteiger partial charge in [-0.05, 0) is 44.2 Å². The van der Waals surface area contributed by atoms with Gasteiger partial charge in [0.05, 0.1) is 12.2 Å². The number of nitrogen functional groups attached to an aromatic ring is 1. The number of rotatable bonds is 6. The number of benzene rings is 1. The zero-order valence-electron chi connectivity index (χ0n) is 17.1. The zero-order chi connectivity index (χ0) is 21.1. The highest BCUT2D eigenvalue weighted by atomic mass is 16.1. The molecule has 2 aromatic heterocycles. The second-order valence-corrected chi connectivity index (χ2v) is 7.60. The number of piperazine rings is 1. The summed E-state index contributed by atoms with van der Waals surface area (Å²) in [6, 6.07) is 11.9. The molecular weight excluding hydrogens is 380 g/mol. The molecule has 4 rings (SSSR count). The fourth-order valence-electron chi connectivity index (χ4n) is 3.85. The van der Waals surface area contributed by atoms with Crippen molar-refractivity contribution in [2.75, 3.05) is 35.6 Å². The Bertz CT molecular complexity index is 990. The van der Waals surface area contributed by atoms with Gasteiger partial charge in [-0.2, -0.15) is 4.98 Å². The van der Waals surface area contributed by atoms with Crippen molar-refractivity contribution in [1.29, 1.82) is 0 Å². The van der Waals surface area contributed by atoms with E-state index < -0.39 is 0 Å². The summed E-state index contributed by atoms with van der Waals surface area (Å²) in [5, 5.41) is 7.69. The van der Waals surface area contributed by atoms with Crippen molar-refractivity contribution in [2.45, 2.75) is 25.9 Å². The van der Waals surface area contributed by atoms with Gasteiger partial charge in [-0.25, -0.2) is 9.67 Å². The summed E-state index contributed by atoms with van der Waals surface area (Å²) in [7, 11) is 0. The Morgan fingerprint density at radius 1 is 1.13 bits per heavy atom. The Morgan fingerprint density at radius 3 is 2.57 bits per heavy atom. The van der Waals surface area contributed by atoms with E-state index in [1.165, 1.54) is 0 Å². The molecule has 1 fully saturated rings. The third-order valence-electron chi connectivity index (χ3n) is 5.36. The highest BCUT2D eigenvalue weighted by molar-refractivity contribution is 5.57. The van der Waals surface area contributed by atoms with Gasteiger partial charge < -0.3 is 20.7 Å². The zero-order valence-corrected chi connectivity index (χ0v) is 17.1. The van der Waals surface area contributed by atoms with E-state index >= 15 is 0 Å². The van der Waals surface area contributed by atoms with Gasteiger partial charge >= 0.3 is 0 Å². The van der Waals surface area contributed by atoms with Gasteiger partial charge in [0.2, 0.25) is 5.95 Å². The molecule has 3 aromatic rings. The number of aromatic nitrogens is 4. The molecule has 2 atom stereocenters. The third-order valence-corrected chi connectivity index (χ3v) is 5.36. The molecule has 2 unspecified atom stereocenters. The van der Waals surface area contributed by atoms with Gasteiger partial charge in [0, 0.05) is 48.8 Å². The number of hydrogen-bond donors (Lipinski definition) is 2. The molecule has 3 heterocycles. The first kappa shape index (κ1) is 19.8. The second kappa shape index (κ2) is 8.50. The predicted octanol–water partition coefficient (Wildman–Crippen LogP) is 2.09. The number of nitrogens with zero attached hydrogens (tertiary/aromatic N) is 6. The van der Waals surface area contributed by atoms with Gasteiger partial charge in [0.1, 0.15) is 18.4 Å². The highest BCUT2D eigenvalue weighted by Crippen LogP contribution is 2.23. The van der Waals surface area contributed by atoms with Crippen LogP contribution < -0.4 is 16.0 Å². The molecule has 9 nitrogen and oxygen atoms in total. The van der Waals surface area contributed by atoms with Crippen LogP contribution in [0.3, 0.4) is 0 Å². The minimum atomic E-state index is 0.270. The summed E-state index contributed by atoms with van der Waals surface area (Å²) in [6.07, 6.45) is 4.43. The molecule has 30 heavy (non-hydrogen) atoms. The van der Waals surface area contributed by atoms with E-state index in [9.17, 15) is 4.79 Å². The van der Waals surface area contributed by atoms with Crippen LogP contribution in [0.4, 0.5) is 23.1 Å². The molecule has 0 amide bonds. The minimum Gasteiger partial charge on any atom is -0.399 e. The van der Waals surface area contributed by atoms with E-state index in [4.69, 9.17) is 5.73 Å². The lowest BCUT2D eigenvalue weighted by molar-refractivity contribution is -0.110. The first-order valence-electron chi connectivity index (χ1n) is 9.98. The fraction of sp³-hybridized carbons (Fsp3) is 0.333. The van der Waals surface area contributed by atoms with Crippen molar-refractivity contribution in [3.63, 3.8) is 0 Å². The first-order chi connectivity index (χ1) is 14.5. The third kappa shape index (κ3) is 4.25. The first-order valence-corrected chi connectivity index (χ1v) is 9.98. The molecule has 1 aromatic carbocycles. The largest absolute Gasteiger partial charge is 0.399 e. The molecule has 0 spiro atoms. The monoisotopic (exact) mass is 406 g/mol. The van der Waals surface area contributed by atoms with Crippen LogP contribution in [0.2, 0.25) is 0 Å². The summed E-state index contributed by atoms with van der Waals surface area (Å²) in [5.41, 5.74) is 8.18. The van der Waals surface area contributed by atoms with Gasteiger partial charge in [-0.15, -0.1) is 5.10 Å². The number of hydrogen-bond acceptors (Lipinski definition) is 8. The van der Waals surface area contributed by atoms with Crippen LogP contribution in [0, 0.1) is 0 Å². The molecule has 1 aliphatic rings. The molecule has 1 saturated heterocycles. The van der Waals surface area contributed by atoms with Crippen LogP contribution in [0.5, 0.6) is 0 Å². The lowest BCUT2D eigenvalue weighted by Crippen LogP contribution is -2.57. The van der Waals surface area contributed by atoms with E-state index in [1.54, 1.807) is 17.2 Å². The minimum absolute atomic E-state index is 0.270. The number of pyridine rings is 1.